The van der Waals surface area contributed by atoms with Crippen molar-refractivity contribution >= 4 is 33.4 Å². The number of carbonyl (C=O) groups is 1. The maximum absolute atomic E-state index is 12.5. The fraction of sp³-hybridized carbons (Fsp3) is 0.462. The van der Waals surface area contributed by atoms with E-state index in [2.05, 4.69) is 22.9 Å². The van der Waals surface area contributed by atoms with Gasteiger partial charge in [-0.05, 0) is 34.5 Å². The van der Waals surface area contributed by atoms with Gasteiger partial charge < -0.3 is 9.64 Å². The van der Waals surface area contributed by atoms with Crippen LogP contribution in [-0.2, 0) is 4.74 Å². The highest BCUT2D eigenvalue weighted by molar-refractivity contribution is 9.10. The molecule has 5 heteroatoms. The van der Waals surface area contributed by atoms with Crippen LogP contribution < -0.4 is 0 Å². The lowest BCUT2D eigenvalue weighted by molar-refractivity contribution is -0.00279. The van der Waals surface area contributed by atoms with Crippen molar-refractivity contribution in [2.45, 2.75) is 19.4 Å². The monoisotopic (exact) mass is 331 g/mol. The van der Waals surface area contributed by atoms with Gasteiger partial charge in [0.2, 0.25) is 0 Å². The molecular formula is C13H15BrClNO2. The number of carbonyl (C=O) groups excluding carboxylic acids is 1. The first kappa shape index (κ1) is 13.8. The molecule has 0 radical (unpaired) electrons. The van der Waals surface area contributed by atoms with Gasteiger partial charge in [0, 0.05) is 11.0 Å². The van der Waals surface area contributed by atoms with E-state index in [1.165, 1.54) is 0 Å². The first-order chi connectivity index (χ1) is 8.65. The molecule has 1 atom stereocenters. The number of nitrogens with zero attached hydrogens (tertiary/aromatic N) is 1. The predicted octanol–water partition coefficient (Wildman–Crippen LogP) is 3.35. The fourth-order valence-corrected chi connectivity index (χ4v) is 2.66. The molecule has 0 aliphatic carbocycles. The molecule has 0 aromatic heterocycles. The number of rotatable bonds is 2. The summed E-state index contributed by atoms with van der Waals surface area (Å²) in [6.07, 6.45) is 0.886. The Morgan fingerprint density at radius 3 is 3.11 bits per heavy atom. The summed E-state index contributed by atoms with van der Waals surface area (Å²) in [4.78, 5) is 14.4. The van der Waals surface area contributed by atoms with Crippen LogP contribution in [0.3, 0.4) is 0 Å². The highest BCUT2D eigenvalue weighted by Crippen LogP contribution is 2.28. The molecule has 1 aromatic carbocycles. The predicted molar refractivity (Wildman–Crippen MR) is 75.1 cm³/mol. The number of hydrogen-bond acceptors (Lipinski definition) is 2. The van der Waals surface area contributed by atoms with Crippen LogP contribution in [0, 0.1) is 0 Å². The lowest BCUT2D eigenvalue weighted by atomic mass is 10.1. The summed E-state index contributed by atoms with van der Waals surface area (Å²) >= 11 is 9.52. The zero-order valence-corrected chi connectivity index (χ0v) is 12.5. The second-order valence-electron chi connectivity index (χ2n) is 4.24. The molecule has 3 nitrogen and oxygen atoms in total. The first-order valence-electron chi connectivity index (χ1n) is 5.98. The Bertz CT molecular complexity index is 453. The topological polar surface area (TPSA) is 29.5 Å². The van der Waals surface area contributed by atoms with E-state index in [1.54, 1.807) is 6.07 Å². The maximum atomic E-state index is 12.5. The summed E-state index contributed by atoms with van der Waals surface area (Å²) in [6, 6.07) is 5.55. The highest BCUT2D eigenvalue weighted by Gasteiger charge is 2.28. The second kappa shape index (κ2) is 6.04. The molecule has 98 valence electrons. The molecule has 18 heavy (non-hydrogen) atoms. The minimum Gasteiger partial charge on any atom is -0.377 e. The van der Waals surface area contributed by atoms with Gasteiger partial charge in [-0.3, -0.25) is 4.79 Å². The average Bonchev–Trinajstić information content (AvgIpc) is 2.41. The SMILES string of the molecule is CCC1COCCN1C(=O)c1cccc(Br)c1Cl. The fourth-order valence-electron chi connectivity index (χ4n) is 2.08. The Morgan fingerprint density at radius 2 is 2.39 bits per heavy atom. The number of benzene rings is 1. The molecule has 1 aliphatic heterocycles. The zero-order valence-electron chi connectivity index (χ0n) is 10.2. The van der Waals surface area contributed by atoms with Gasteiger partial charge in [-0.1, -0.05) is 24.6 Å². The number of morpholine rings is 1. The van der Waals surface area contributed by atoms with Crippen LogP contribution in [0.15, 0.2) is 22.7 Å². The minimum atomic E-state index is -0.0172. The van der Waals surface area contributed by atoms with Crippen LogP contribution in [-0.4, -0.2) is 36.6 Å². The zero-order chi connectivity index (χ0) is 13.1. The van der Waals surface area contributed by atoms with Crippen molar-refractivity contribution in [1.29, 1.82) is 0 Å². The molecule has 1 fully saturated rings. The molecule has 1 amide bonds. The van der Waals surface area contributed by atoms with Crippen LogP contribution >= 0.6 is 27.5 Å². The summed E-state index contributed by atoms with van der Waals surface area (Å²) in [5, 5.41) is 0.476. The summed E-state index contributed by atoms with van der Waals surface area (Å²) in [6.45, 7) is 3.88. The van der Waals surface area contributed by atoms with Crippen molar-refractivity contribution in [3.8, 4) is 0 Å². The lowest BCUT2D eigenvalue weighted by Crippen LogP contribution is -2.48. The summed E-state index contributed by atoms with van der Waals surface area (Å²) in [5.74, 6) is -0.0172. The molecule has 2 rings (SSSR count). The van der Waals surface area contributed by atoms with Crippen LogP contribution in [0.25, 0.3) is 0 Å². The van der Waals surface area contributed by atoms with Gasteiger partial charge >= 0.3 is 0 Å². The molecule has 1 saturated heterocycles. The number of halogens is 2. The molecule has 1 heterocycles. The normalized spacial score (nSPS) is 19.9. The van der Waals surface area contributed by atoms with Gasteiger partial charge in [-0.25, -0.2) is 0 Å². The van der Waals surface area contributed by atoms with E-state index in [1.807, 2.05) is 17.0 Å². The van der Waals surface area contributed by atoms with Gasteiger partial charge in [0.05, 0.1) is 29.8 Å². The van der Waals surface area contributed by atoms with Crippen molar-refractivity contribution < 1.29 is 9.53 Å². The third-order valence-corrected chi connectivity index (χ3v) is 4.44. The lowest BCUT2D eigenvalue weighted by Gasteiger charge is -2.35. The van der Waals surface area contributed by atoms with Crippen molar-refractivity contribution in [2.75, 3.05) is 19.8 Å². The van der Waals surface area contributed by atoms with Crippen LogP contribution in [0.2, 0.25) is 5.02 Å². The van der Waals surface area contributed by atoms with E-state index >= 15 is 0 Å². The van der Waals surface area contributed by atoms with E-state index in [0.717, 1.165) is 10.9 Å². The van der Waals surface area contributed by atoms with E-state index < -0.39 is 0 Å². The van der Waals surface area contributed by atoms with Crippen molar-refractivity contribution in [3.63, 3.8) is 0 Å². The molecule has 1 unspecified atom stereocenters. The second-order valence-corrected chi connectivity index (χ2v) is 5.47. The summed E-state index contributed by atoms with van der Waals surface area (Å²) in [7, 11) is 0. The Labute approximate surface area is 120 Å². The maximum Gasteiger partial charge on any atom is 0.255 e. The smallest absolute Gasteiger partial charge is 0.255 e. The van der Waals surface area contributed by atoms with Crippen molar-refractivity contribution in [2.24, 2.45) is 0 Å². The molecule has 0 bridgehead atoms. The van der Waals surface area contributed by atoms with Crippen molar-refractivity contribution in [1.82, 2.24) is 4.90 Å². The highest BCUT2D eigenvalue weighted by atomic mass is 79.9. The van der Waals surface area contributed by atoms with Crippen LogP contribution in [0.5, 0.6) is 0 Å². The molecular weight excluding hydrogens is 318 g/mol. The average molecular weight is 333 g/mol. The largest absolute Gasteiger partial charge is 0.377 e. The van der Waals surface area contributed by atoms with E-state index in [-0.39, 0.29) is 11.9 Å². The van der Waals surface area contributed by atoms with E-state index in [9.17, 15) is 4.79 Å². The standard InChI is InChI=1S/C13H15BrClNO2/c1-2-9-8-18-7-6-16(9)13(17)10-4-3-5-11(14)12(10)15/h3-5,9H,2,6-8H2,1H3. The van der Waals surface area contributed by atoms with Gasteiger partial charge in [0.1, 0.15) is 0 Å². The number of amides is 1. The quantitative estimate of drug-likeness (QED) is 0.831. The summed E-state index contributed by atoms with van der Waals surface area (Å²) in [5.41, 5.74) is 0.548. The molecule has 0 saturated carbocycles. The molecule has 1 aliphatic rings. The van der Waals surface area contributed by atoms with Gasteiger partial charge in [0.15, 0.2) is 0 Å². The number of ether oxygens (including phenoxy) is 1. The Kier molecular flexibility index (Phi) is 4.65. The van der Waals surface area contributed by atoms with E-state index in [0.29, 0.717) is 30.3 Å². The van der Waals surface area contributed by atoms with Crippen molar-refractivity contribution in [3.05, 3.63) is 33.3 Å². The number of hydrogen-bond donors (Lipinski definition) is 0. The Morgan fingerprint density at radius 1 is 1.61 bits per heavy atom. The molecule has 1 aromatic rings. The first-order valence-corrected chi connectivity index (χ1v) is 7.15. The van der Waals surface area contributed by atoms with Crippen LogP contribution in [0.4, 0.5) is 0 Å². The molecule has 0 spiro atoms. The molecule has 0 N–H and O–H groups in total. The Balaban J connectivity index is 2.27. The van der Waals surface area contributed by atoms with Gasteiger partial charge in [-0.2, -0.15) is 0 Å². The van der Waals surface area contributed by atoms with Gasteiger partial charge in [-0.15, -0.1) is 0 Å². The van der Waals surface area contributed by atoms with Gasteiger partial charge in [0.25, 0.3) is 5.91 Å². The third-order valence-electron chi connectivity index (χ3n) is 3.14. The van der Waals surface area contributed by atoms with Crippen LogP contribution in [0.1, 0.15) is 23.7 Å². The van der Waals surface area contributed by atoms with E-state index in [4.69, 9.17) is 16.3 Å². The third kappa shape index (κ3) is 2.71. The Hall–Kier alpha value is -0.580. The summed E-state index contributed by atoms with van der Waals surface area (Å²) < 4.78 is 6.15. The minimum absolute atomic E-state index is 0.0172.